The monoisotopic (exact) mass is 521 g/mol. The molecule has 1 heterocycles. The Bertz CT molecular complexity index is 1240. The lowest BCUT2D eigenvalue weighted by molar-refractivity contribution is 0.0507. The molecular formula is C29H32ClN3O4. The van der Waals surface area contributed by atoms with Crippen molar-refractivity contribution in [3.63, 3.8) is 0 Å². The molecule has 8 heteroatoms. The molecule has 1 saturated heterocycles. The lowest BCUT2D eigenvalue weighted by atomic mass is 10.1. The molecule has 0 spiro atoms. The first kappa shape index (κ1) is 26.5. The predicted octanol–water partition coefficient (Wildman–Crippen LogP) is 5.49. The molecule has 1 N–H and O–H groups in total. The first-order chi connectivity index (χ1) is 17.9. The number of methoxy groups -OCH3 is 1. The molecule has 1 fully saturated rings. The molecule has 1 aliphatic rings. The Morgan fingerprint density at radius 2 is 1.84 bits per heavy atom. The van der Waals surface area contributed by atoms with Crippen LogP contribution in [0.25, 0.3) is 0 Å². The number of nitrogens with zero attached hydrogens (tertiary/aromatic N) is 2. The number of rotatable bonds is 9. The maximum absolute atomic E-state index is 13.6. The van der Waals surface area contributed by atoms with Crippen LogP contribution in [0.2, 0.25) is 5.02 Å². The highest BCUT2D eigenvalue weighted by atomic mass is 35.5. The summed E-state index contributed by atoms with van der Waals surface area (Å²) >= 11 is 6.21. The number of nitrogens with one attached hydrogen (secondary N) is 1. The van der Waals surface area contributed by atoms with Crippen LogP contribution in [0.5, 0.6) is 5.75 Å². The van der Waals surface area contributed by atoms with Gasteiger partial charge in [0.1, 0.15) is 5.75 Å². The highest BCUT2D eigenvalue weighted by Gasteiger charge is 2.25. The number of carbonyl (C=O) groups is 2. The molecule has 3 aromatic carbocycles. The van der Waals surface area contributed by atoms with Gasteiger partial charge in [0.15, 0.2) is 0 Å². The van der Waals surface area contributed by atoms with Gasteiger partial charge in [-0.15, -0.1) is 0 Å². The lowest BCUT2D eigenvalue weighted by Gasteiger charge is -2.28. The van der Waals surface area contributed by atoms with Crippen LogP contribution >= 0.6 is 11.6 Å². The molecule has 2 amide bonds. The number of benzene rings is 3. The van der Waals surface area contributed by atoms with E-state index >= 15 is 0 Å². The second-order valence-electron chi connectivity index (χ2n) is 9.22. The summed E-state index contributed by atoms with van der Waals surface area (Å²) in [5, 5.41) is 3.33. The van der Waals surface area contributed by atoms with Crippen LogP contribution < -0.4 is 15.0 Å². The number of ether oxygens (including phenoxy) is 2. The molecule has 0 radical (unpaired) electrons. The first-order valence-electron chi connectivity index (χ1n) is 12.3. The highest BCUT2D eigenvalue weighted by molar-refractivity contribution is 6.34. The second kappa shape index (κ2) is 12.1. The summed E-state index contributed by atoms with van der Waals surface area (Å²) in [6, 6.07) is 19.8. The summed E-state index contributed by atoms with van der Waals surface area (Å²) in [7, 11) is 5.51. The molecule has 194 valence electrons. The van der Waals surface area contributed by atoms with Crippen molar-refractivity contribution < 1.29 is 19.1 Å². The lowest BCUT2D eigenvalue weighted by Crippen LogP contribution is -2.37. The molecule has 3 aromatic rings. The van der Waals surface area contributed by atoms with Gasteiger partial charge in [-0.25, -0.2) is 0 Å². The van der Waals surface area contributed by atoms with Crippen molar-refractivity contribution in [2.75, 3.05) is 44.6 Å². The molecule has 0 aliphatic carbocycles. The van der Waals surface area contributed by atoms with Crippen molar-refractivity contribution in [1.29, 1.82) is 0 Å². The Labute approximate surface area is 222 Å². The predicted molar refractivity (Wildman–Crippen MR) is 147 cm³/mol. The fourth-order valence-electron chi connectivity index (χ4n) is 4.45. The molecular weight excluding hydrogens is 490 g/mol. The van der Waals surface area contributed by atoms with Crippen molar-refractivity contribution >= 4 is 34.8 Å². The van der Waals surface area contributed by atoms with Crippen molar-refractivity contribution in [2.45, 2.75) is 25.5 Å². The minimum Gasteiger partial charge on any atom is -0.497 e. The Morgan fingerprint density at radius 3 is 2.49 bits per heavy atom. The number of hydrogen-bond donors (Lipinski definition) is 1. The van der Waals surface area contributed by atoms with Gasteiger partial charge in [-0.2, -0.15) is 0 Å². The summed E-state index contributed by atoms with van der Waals surface area (Å²) in [4.78, 5) is 30.3. The fourth-order valence-corrected chi connectivity index (χ4v) is 4.67. The second-order valence-corrected chi connectivity index (χ2v) is 9.63. The van der Waals surface area contributed by atoms with Crippen LogP contribution in [0.3, 0.4) is 0 Å². The molecule has 7 nitrogen and oxygen atoms in total. The zero-order valence-electron chi connectivity index (χ0n) is 21.4. The van der Waals surface area contributed by atoms with Crippen molar-refractivity contribution in [3.8, 4) is 5.75 Å². The summed E-state index contributed by atoms with van der Waals surface area (Å²) in [6.45, 7) is 1.55. The summed E-state index contributed by atoms with van der Waals surface area (Å²) < 4.78 is 11.1. The van der Waals surface area contributed by atoms with E-state index in [1.165, 1.54) is 0 Å². The topological polar surface area (TPSA) is 71.1 Å². The van der Waals surface area contributed by atoms with Gasteiger partial charge in [-0.1, -0.05) is 23.7 Å². The Balaban J connectivity index is 1.62. The molecule has 0 saturated carbocycles. The minimum absolute atomic E-state index is 0.00638. The fraction of sp³-hybridized carbons (Fsp3) is 0.310. The molecule has 1 atom stereocenters. The van der Waals surface area contributed by atoms with Crippen LogP contribution in [-0.4, -0.2) is 57.2 Å². The molecule has 0 aromatic heterocycles. The van der Waals surface area contributed by atoms with Crippen LogP contribution in [-0.2, 0) is 11.3 Å². The van der Waals surface area contributed by atoms with Gasteiger partial charge in [0.2, 0.25) is 0 Å². The number of hydrogen-bond acceptors (Lipinski definition) is 5. The van der Waals surface area contributed by atoms with E-state index in [1.807, 2.05) is 42.1 Å². The normalized spacial score (nSPS) is 14.8. The smallest absolute Gasteiger partial charge is 0.257 e. The zero-order chi connectivity index (χ0) is 26.4. The van der Waals surface area contributed by atoms with E-state index in [1.54, 1.807) is 55.6 Å². The average Bonchev–Trinajstić information content (AvgIpc) is 3.41. The van der Waals surface area contributed by atoms with Crippen LogP contribution in [0.4, 0.5) is 11.4 Å². The molecule has 4 rings (SSSR count). The Kier molecular flexibility index (Phi) is 8.69. The largest absolute Gasteiger partial charge is 0.497 e. The number of carbonyl (C=O) groups excluding carboxylic acids is 2. The molecule has 1 unspecified atom stereocenters. The SMILES string of the molecule is COc1ccc(C(=O)N(Cc2cc(NC(=O)c3ccccc3Cl)ccc2N(C)C)CC2CCCO2)cc1. The Hall–Kier alpha value is -3.55. The van der Waals surface area contributed by atoms with Gasteiger partial charge in [0.25, 0.3) is 11.8 Å². The van der Waals surface area contributed by atoms with Gasteiger partial charge in [0, 0.05) is 50.7 Å². The van der Waals surface area contributed by atoms with Crippen LogP contribution in [0.1, 0.15) is 39.1 Å². The Morgan fingerprint density at radius 1 is 1.08 bits per heavy atom. The molecule has 1 aliphatic heterocycles. The van der Waals surface area contributed by atoms with E-state index in [4.69, 9.17) is 21.1 Å². The van der Waals surface area contributed by atoms with E-state index in [-0.39, 0.29) is 17.9 Å². The van der Waals surface area contributed by atoms with E-state index in [2.05, 4.69) is 5.32 Å². The average molecular weight is 522 g/mol. The van der Waals surface area contributed by atoms with Crippen molar-refractivity contribution in [2.24, 2.45) is 0 Å². The molecule has 0 bridgehead atoms. The third-order valence-corrected chi connectivity index (χ3v) is 6.70. The van der Waals surface area contributed by atoms with Gasteiger partial charge in [0.05, 0.1) is 23.8 Å². The van der Waals surface area contributed by atoms with E-state index in [0.29, 0.717) is 47.3 Å². The first-order valence-corrected chi connectivity index (χ1v) is 12.6. The maximum Gasteiger partial charge on any atom is 0.257 e. The third-order valence-electron chi connectivity index (χ3n) is 6.37. The van der Waals surface area contributed by atoms with E-state index in [0.717, 1.165) is 24.1 Å². The maximum atomic E-state index is 13.6. The van der Waals surface area contributed by atoms with Gasteiger partial charge in [-0.05, 0) is 73.0 Å². The minimum atomic E-state index is -0.292. The van der Waals surface area contributed by atoms with Gasteiger partial charge >= 0.3 is 0 Å². The standard InChI is InChI=1S/C29H32ClN3O4/c1-32(2)27-15-12-22(31-28(34)25-8-4-5-9-26(25)30)17-21(27)18-33(19-24-7-6-16-37-24)29(35)20-10-13-23(36-3)14-11-20/h4-5,8-15,17,24H,6-7,16,18-19H2,1-3H3,(H,31,34). The zero-order valence-corrected chi connectivity index (χ0v) is 22.1. The highest BCUT2D eigenvalue weighted by Crippen LogP contribution is 2.27. The third kappa shape index (κ3) is 6.61. The van der Waals surface area contributed by atoms with Crippen LogP contribution in [0, 0.1) is 0 Å². The van der Waals surface area contributed by atoms with E-state index < -0.39 is 0 Å². The number of amides is 2. The van der Waals surface area contributed by atoms with Gasteiger partial charge in [-0.3, -0.25) is 9.59 Å². The van der Waals surface area contributed by atoms with E-state index in [9.17, 15) is 9.59 Å². The quantitative estimate of drug-likeness (QED) is 0.403. The molecule has 37 heavy (non-hydrogen) atoms. The van der Waals surface area contributed by atoms with Crippen molar-refractivity contribution in [3.05, 3.63) is 88.4 Å². The summed E-state index contributed by atoms with van der Waals surface area (Å²) in [6.07, 6.45) is 1.90. The van der Waals surface area contributed by atoms with Gasteiger partial charge < -0.3 is 24.6 Å². The summed E-state index contributed by atoms with van der Waals surface area (Å²) in [5.41, 5.74) is 3.46. The van der Waals surface area contributed by atoms with Crippen LogP contribution in [0.15, 0.2) is 66.7 Å². The van der Waals surface area contributed by atoms with Crippen molar-refractivity contribution in [1.82, 2.24) is 4.90 Å². The summed E-state index contributed by atoms with van der Waals surface area (Å²) in [5.74, 6) is 0.312. The number of halogens is 1. The number of anilines is 2.